The van der Waals surface area contributed by atoms with Gasteiger partial charge in [0.2, 0.25) is 0 Å². The highest BCUT2D eigenvalue weighted by Crippen LogP contribution is 2.25. The summed E-state index contributed by atoms with van der Waals surface area (Å²) in [5.41, 5.74) is 0.0267. The molecule has 0 spiro atoms. The number of phenols is 1. The van der Waals surface area contributed by atoms with Crippen molar-refractivity contribution < 1.29 is 19.8 Å². The second kappa shape index (κ2) is 5.81. The summed E-state index contributed by atoms with van der Waals surface area (Å²) in [6.45, 7) is 2.14. The molecule has 1 aliphatic carbocycles. The van der Waals surface area contributed by atoms with Crippen molar-refractivity contribution in [3.8, 4) is 5.75 Å². The Morgan fingerprint density at radius 3 is 2.65 bits per heavy atom. The summed E-state index contributed by atoms with van der Waals surface area (Å²) in [4.78, 5) is 22.9. The molecule has 0 heterocycles. The third kappa shape index (κ3) is 3.40. The number of carbonyl (C=O) groups is 2. The molecule has 2 atom stereocenters. The molecule has 6 heteroatoms. The predicted octanol–water partition coefficient (Wildman–Crippen LogP) is 2.40. The van der Waals surface area contributed by atoms with Crippen LogP contribution in [0.15, 0.2) is 18.2 Å². The molecule has 20 heavy (non-hydrogen) atoms. The van der Waals surface area contributed by atoms with Gasteiger partial charge in [0.15, 0.2) is 0 Å². The van der Waals surface area contributed by atoms with Crippen LogP contribution in [-0.4, -0.2) is 28.3 Å². The lowest BCUT2D eigenvalue weighted by atomic mass is 10.1. The Kier molecular flexibility index (Phi) is 4.12. The summed E-state index contributed by atoms with van der Waals surface area (Å²) in [7, 11) is 0. The van der Waals surface area contributed by atoms with Crippen molar-refractivity contribution in [3.63, 3.8) is 0 Å². The van der Waals surface area contributed by atoms with E-state index in [2.05, 4.69) is 17.6 Å². The van der Waals surface area contributed by atoms with Gasteiger partial charge in [-0.05, 0) is 43.4 Å². The number of nitrogens with one attached hydrogen (secondary N) is 2. The molecule has 2 unspecified atom stereocenters. The van der Waals surface area contributed by atoms with Crippen LogP contribution in [0.3, 0.4) is 0 Å². The number of carbonyl (C=O) groups excluding carboxylic acids is 1. The van der Waals surface area contributed by atoms with Crippen molar-refractivity contribution in [1.82, 2.24) is 5.32 Å². The number of hydrogen-bond donors (Lipinski definition) is 4. The Morgan fingerprint density at radius 1 is 1.30 bits per heavy atom. The minimum absolute atomic E-state index is 0.135. The maximum Gasteiger partial charge on any atom is 0.337 e. The predicted molar refractivity (Wildman–Crippen MR) is 74.0 cm³/mol. The van der Waals surface area contributed by atoms with E-state index in [1.54, 1.807) is 0 Å². The van der Waals surface area contributed by atoms with Crippen LogP contribution in [0.25, 0.3) is 0 Å². The van der Waals surface area contributed by atoms with E-state index in [-0.39, 0.29) is 23.0 Å². The monoisotopic (exact) mass is 278 g/mol. The number of rotatable bonds is 3. The lowest BCUT2D eigenvalue weighted by Crippen LogP contribution is -2.36. The van der Waals surface area contributed by atoms with Crippen LogP contribution in [0.2, 0.25) is 0 Å². The van der Waals surface area contributed by atoms with E-state index in [0.29, 0.717) is 5.92 Å². The number of carboxylic acid groups (broad SMARTS) is 1. The Labute approximate surface area is 116 Å². The van der Waals surface area contributed by atoms with E-state index in [0.717, 1.165) is 25.3 Å². The first-order chi connectivity index (χ1) is 9.45. The van der Waals surface area contributed by atoms with Gasteiger partial charge in [-0.2, -0.15) is 0 Å². The molecule has 1 saturated carbocycles. The number of carboxylic acids is 1. The Balaban J connectivity index is 2.02. The second-order valence-electron chi connectivity index (χ2n) is 5.25. The zero-order chi connectivity index (χ0) is 14.7. The van der Waals surface area contributed by atoms with Crippen LogP contribution in [0.1, 0.15) is 36.5 Å². The van der Waals surface area contributed by atoms with E-state index in [1.807, 2.05) is 0 Å². The molecule has 0 aliphatic heterocycles. The molecule has 1 aromatic carbocycles. The minimum Gasteiger partial charge on any atom is -0.508 e. The van der Waals surface area contributed by atoms with Crippen LogP contribution in [0, 0.1) is 5.92 Å². The van der Waals surface area contributed by atoms with E-state index < -0.39 is 12.0 Å². The Morgan fingerprint density at radius 2 is 2.05 bits per heavy atom. The van der Waals surface area contributed by atoms with Crippen molar-refractivity contribution in [2.45, 2.75) is 32.2 Å². The number of phenolic OH excluding ortho intramolecular Hbond substituents is 1. The summed E-state index contributed by atoms with van der Waals surface area (Å²) >= 11 is 0. The maximum atomic E-state index is 11.9. The summed E-state index contributed by atoms with van der Waals surface area (Å²) < 4.78 is 0. The number of amides is 2. The van der Waals surface area contributed by atoms with Crippen LogP contribution in [0.5, 0.6) is 5.75 Å². The molecule has 2 amide bonds. The van der Waals surface area contributed by atoms with Gasteiger partial charge in [-0.3, -0.25) is 0 Å². The zero-order valence-corrected chi connectivity index (χ0v) is 11.2. The largest absolute Gasteiger partial charge is 0.508 e. The van der Waals surface area contributed by atoms with Crippen molar-refractivity contribution in [3.05, 3.63) is 23.8 Å². The molecule has 0 bridgehead atoms. The first-order valence-corrected chi connectivity index (χ1v) is 6.59. The normalized spacial score (nSPS) is 21.4. The third-order valence-electron chi connectivity index (χ3n) is 3.51. The number of aromatic hydroxyl groups is 1. The van der Waals surface area contributed by atoms with Gasteiger partial charge in [0, 0.05) is 6.04 Å². The number of anilines is 1. The lowest BCUT2D eigenvalue weighted by molar-refractivity contribution is 0.0697. The third-order valence-corrected chi connectivity index (χ3v) is 3.51. The van der Waals surface area contributed by atoms with Gasteiger partial charge in [-0.25, -0.2) is 9.59 Å². The highest BCUT2D eigenvalue weighted by molar-refractivity contribution is 6.00. The second-order valence-corrected chi connectivity index (χ2v) is 5.25. The van der Waals surface area contributed by atoms with E-state index >= 15 is 0 Å². The van der Waals surface area contributed by atoms with Gasteiger partial charge in [0.05, 0.1) is 11.3 Å². The highest BCUT2D eigenvalue weighted by Gasteiger charge is 2.23. The average Bonchev–Trinajstić information content (AvgIpc) is 2.76. The highest BCUT2D eigenvalue weighted by atomic mass is 16.4. The molecule has 6 nitrogen and oxygen atoms in total. The molecule has 1 aromatic rings. The van der Waals surface area contributed by atoms with E-state index in [9.17, 15) is 14.7 Å². The first kappa shape index (κ1) is 14.2. The van der Waals surface area contributed by atoms with Crippen molar-refractivity contribution >= 4 is 17.7 Å². The van der Waals surface area contributed by atoms with Crippen LogP contribution >= 0.6 is 0 Å². The van der Waals surface area contributed by atoms with Gasteiger partial charge < -0.3 is 20.8 Å². The summed E-state index contributed by atoms with van der Waals surface area (Å²) in [6, 6.07) is 3.53. The zero-order valence-electron chi connectivity index (χ0n) is 11.2. The van der Waals surface area contributed by atoms with Crippen LogP contribution < -0.4 is 10.6 Å². The van der Waals surface area contributed by atoms with Crippen LogP contribution in [-0.2, 0) is 0 Å². The first-order valence-electron chi connectivity index (χ1n) is 6.59. The topological polar surface area (TPSA) is 98.7 Å². The molecule has 0 radical (unpaired) electrons. The van der Waals surface area contributed by atoms with Gasteiger partial charge >= 0.3 is 12.0 Å². The number of aromatic carboxylic acids is 1. The van der Waals surface area contributed by atoms with Gasteiger partial charge in [-0.15, -0.1) is 0 Å². The smallest absolute Gasteiger partial charge is 0.337 e. The van der Waals surface area contributed by atoms with Gasteiger partial charge in [0.1, 0.15) is 5.75 Å². The molecule has 1 aliphatic rings. The summed E-state index contributed by atoms with van der Waals surface area (Å²) in [5.74, 6) is -0.757. The fraction of sp³-hybridized carbons (Fsp3) is 0.429. The minimum atomic E-state index is -1.20. The molecule has 4 N–H and O–H groups in total. The molecule has 0 saturated heterocycles. The van der Waals surface area contributed by atoms with E-state index in [4.69, 9.17) is 5.11 Å². The Bertz CT molecular complexity index is 530. The summed E-state index contributed by atoms with van der Waals surface area (Å²) in [6.07, 6.45) is 2.97. The lowest BCUT2D eigenvalue weighted by Gasteiger charge is -2.14. The molecule has 0 aromatic heterocycles. The fourth-order valence-corrected chi connectivity index (χ4v) is 2.50. The van der Waals surface area contributed by atoms with Crippen molar-refractivity contribution in [2.24, 2.45) is 5.92 Å². The average molecular weight is 278 g/mol. The quantitative estimate of drug-likeness (QED) is 0.638. The van der Waals surface area contributed by atoms with Crippen molar-refractivity contribution in [1.29, 1.82) is 0 Å². The summed E-state index contributed by atoms with van der Waals surface area (Å²) in [5, 5.41) is 23.7. The van der Waals surface area contributed by atoms with Gasteiger partial charge in [-0.1, -0.05) is 6.92 Å². The number of urea groups is 1. The Hall–Kier alpha value is -2.24. The molecule has 1 fully saturated rings. The van der Waals surface area contributed by atoms with E-state index in [1.165, 1.54) is 12.1 Å². The fourth-order valence-electron chi connectivity index (χ4n) is 2.50. The number of benzene rings is 1. The van der Waals surface area contributed by atoms with Crippen molar-refractivity contribution in [2.75, 3.05) is 5.32 Å². The van der Waals surface area contributed by atoms with Gasteiger partial charge in [0.25, 0.3) is 0 Å². The SMILES string of the molecule is CC1CCC(NC(=O)Nc2ccc(O)cc2C(=O)O)C1. The molecular weight excluding hydrogens is 260 g/mol. The maximum absolute atomic E-state index is 11.9. The standard InChI is InChI=1S/C14H18N2O4/c1-8-2-3-9(6-8)15-14(20)16-12-5-4-10(17)7-11(12)13(18)19/h4-5,7-9,17H,2-3,6H2,1H3,(H,18,19)(H2,15,16,20). The number of hydrogen-bond acceptors (Lipinski definition) is 3. The van der Waals surface area contributed by atoms with Crippen LogP contribution in [0.4, 0.5) is 10.5 Å². The molecular formula is C14H18N2O4. The molecule has 2 rings (SSSR count). The molecule has 108 valence electrons.